The average molecular weight is 322 g/mol. The molecule has 0 aliphatic rings. The first-order chi connectivity index (χ1) is 9.90. The predicted octanol–water partition coefficient (Wildman–Crippen LogP) is 3.80. The number of sulfone groups is 1. The number of carbonyl (C=O) groups is 1. The van der Waals surface area contributed by atoms with E-state index >= 15 is 0 Å². The van der Waals surface area contributed by atoms with Gasteiger partial charge in [-0.1, -0.05) is 23.8 Å². The van der Waals surface area contributed by atoms with Gasteiger partial charge in [0.05, 0.1) is 15.5 Å². The second kappa shape index (κ2) is 6.54. The van der Waals surface area contributed by atoms with Crippen molar-refractivity contribution in [1.29, 1.82) is 0 Å². The van der Waals surface area contributed by atoms with Crippen molar-refractivity contribution in [2.45, 2.75) is 31.6 Å². The largest absolute Gasteiger partial charge is 0.293 e. The summed E-state index contributed by atoms with van der Waals surface area (Å²) in [6.07, 6.45) is 0.622. The van der Waals surface area contributed by atoms with Crippen LogP contribution >= 0.6 is 11.3 Å². The summed E-state index contributed by atoms with van der Waals surface area (Å²) in [5.74, 6) is 0.0226. The topological polar surface area (TPSA) is 51.2 Å². The van der Waals surface area contributed by atoms with Crippen LogP contribution in [0.25, 0.3) is 0 Å². The van der Waals surface area contributed by atoms with Crippen LogP contribution in [0, 0.1) is 13.8 Å². The normalized spacial score (nSPS) is 11.5. The van der Waals surface area contributed by atoms with Gasteiger partial charge in [-0.25, -0.2) is 8.42 Å². The average Bonchev–Trinajstić information content (AvgIpc) is 2.91. The number of carbonyl (C=O) groups excluding carboxylic acids is 1. The van der Waals surface area contributed by atoms with E-state index in [9.17, 15) is 13.2 Å². The maximum Gasteiger partial charge on any atom is 0.178 e. The number of rotatable bonds is 6. The Morgan fingerprint density at radius 2 is 1.95 bits per heavy atom. The molecule has 3 nitrogen and oxygen atoms in total. The molecular weight excluding hydrogens is 304 g/mol. The van der Waals surface area contributed by atoms with Gasteiger partial charge in [-0.05, 0) is 43.3 Å². The van der Waals surface area contributed by atoms with E-state index in [1.807, 2.05) is 24.4 Å². The SMILES string of the molecule is Cc1ccc(S(=O)(=O)CCCC(=O)c2cccs2)c(C)c1. The lowest BCUT2D eigenvalue weighted by Crippen LogP contribution is -2.10. The Morgan fingerprint density at radius 3 is 2.57 bits per heavy atom. The van der Waals surface area contributed by atoms with Gasteiger partial charge in [-0.15, -0.1) is 11.3 Å². The lowest BCUT2D eigenvalue weighted by Gasteiger charge is -2.08. The number of thiophene rings is 1. The van der Waals surface area contributed by atoms with Gasteiger partial charge in [0.2, 0.25) is 0 Å². The third-order valence-electron chi connectivity index (χ3n) is 3.28. The van der Waals surface area contributed by atoms with Gasteiger partial charge in [-0.3, -0.25) is 4.79 Å². The van der Waals surface area contributed by atoms with Gasteiger partial charge in [0.15, 0.2) is 15.6 Å². The van der Waals surface area contributed by atoms with Crippen molar-refractivity contribution in [3.05, 3.63) is 51.7 Å². The first kappa shape index (κ1) is 15.9. The van der Waals surface area contributed by atoms with E-state index in [1.54, 1.807) is 25.1 Å². The number of ketones is 1. The van der Waals surface area contributed by atoms with E-state index in [0.29, 0.717) is 16.2 Å². The highest BCUT2D eigenvalue weighted by Gasteiger charge is 2.17. The molecule has 0 atom stereocenters. The van der Waals surface area contributed by atoms with Crippen molar-refractivity contribution in [2.24, 2.45) is 0 Å². The summed E-state index contributed by atoms with van der Waals surface area (Å²) in [5.41, 5.74) is 1.80. The Balaban J connectivity index is 2.00. The van der Waals surface area contributed by atoms with E-state index in [-0.39, 0.29) is 18.0 Å². The van der Waals surface area contributed by atoms with Crippen LogP contribution in [-0.2, 0) is 9.84 Å². The molecule has 0 saturated carbocycles. The van der Waals surface area contributed by atoms with E-state index in [1.165, 1.54) is 11.3 Å². The number of hydrogen-bond acceptors (Lipinski definition) is 4. The lowest BCUT2D eigenvalue weighted by atomic mass is 10.2. The molecule has 0 aliphatic heterocycles. The summed E-state index contributed by atoms with van der Waals surface area (Å²) >= 11 is 1.39. The summed E-state index contributed by atoms with van der Waals surface area (Å²) in [7, 11) is -3.32. The Bertz CT molecular complexity index is 729. The standard InChI is InChI=1S/C16H18O3S2/c1-12-7-8-16(13(2)11-12)21(18,19)10-4-5-14(17)15-6-3-9-20-15/h3,6-9,11H,4-5,10H2,1-2H3. The molecule has 1 aromatic heterocycles. The minimum absolute atomic E-state index is 0.00795. The van der Waals surface area contributed by atoms with Crippen LogP contribution in [-0.4, -0.2) is 20.0 Å². The molecule has 0 fully saturated rings. The van der Waals surface area contributed by atoms with Gasteiger partial charge in [-0.2, -0.15) is 0 Å². The second-order valence-electron chi connectivity index (χ2n) is 5.09. The molecule has 0 radical (unpaired) electrons. The first-order valence-corrected chi connectivity index (χ1v) is 9.30. The highest BCUT2D eigenvalue weighted by atomic mass is 32.2. The molecule has 5 heteroatoms. The maximum atomic E-state index is 12.3. The Labute approximate surface area is 129 Å². The highest BCUT2D eigenvalue weighted by Crippen LogP contribution is 2.20. The Kier molecular flexibility index (Phi) is 4.96. The number of benzene rings is 1. The maximum absolute atomic E-state index is 12.3. The van der Waals surface area contributed by atoms with Gasteiger partial charge < -0.3 is 0 Å². The van der Waals surface area contributed by atoms with E-state index < -0.39 is 9.84 Å². The molecule has 21 heavy (non-hydrogen) atoms. The third-order valence-corrected chi connectivity index (χ3v) is 6.14. The quantitative estimate of drug-likeness (QED) is 0.760. The molecule has 2 aromatic rings. The zero-order valence-corrected chi connectivity index (χ0v) is 13.8. The molecule has 0 N–H and O–H groups in total. The fraction of sp³-hybridized carbons (Fsp3) is 0.312. The number of aryl methyl sites for hydroxylation is 2. The van der Waals surface area contributed by atoms with Crippen molar-refractivity contribution in [3.8, 4) is 0 Å². The van der Waals surface area contributed by atoms with Crippen LogP contribution in [0.2, 0.25) is 0 Å². The predicted molar refractivity (Wildman–Crippen MR) is 85.9 cm³/mol. The molecule has 0 amide bonds. The molecular formula is C16H18O3S2. The monoisotopic (exact) mass is 322 g/mol. The molecule has 0 bridgehead atoms. The van der Waals surface area contributed by atoms with Crippen molar-refractivity contribution < 1.29 is 13.2 Å². The van der Waals surface area contributed by atoms with Gasteiger partial charge in [0.25, 0.3) is 0 Å². The summed E-state index contributed by atoms with van der Waals surface area (Å²) < 4.78 is 24.6. The van der Waals surface area contributed by atoms with Crippen LogP contribution in [0.15, 0.2) is 40.6 Å². The highest BCUT2D eigenvalue weighted by molar-refractivity contribution is 7.91. The van der Waals surface area contributed by atoms with Crippen molar-refractivity contribution in [3.63, 3.8) is 0 Å². The van der Waals surface area contributed by atoms with E-state index in [2.05, 4.69) is 0 Å². The van der Waals surface area contributed by atoms with Crippen LogP contribution < -0.4 is 0 Å². The van der Waals surface area contributed by atoms with Crippen LogP contribution in [0.4, 0.5) is 0 Å². The summed E-state index contributed by atoms with van der Waals surface area (Å²) in [4.78, 5) is 12.9. The molecule has 0 saturated heterocycles. The minimum Gasteiger partial charge on any atom is -0.293 e. The summed E-state index contributed by atoms with van der Waals surface area (Å²) in [5, 5.41) is 1.85. The smallest absolute Gasteiger partial charge is 0.178 e. The molecule has 1 heterocycles. The molecule has 2 rings (SSSR count). The summed E-state index contributed by atoms with van der Waals surface area (Å²) in [6.45, 7) is 3.74. The third kappa shape index (κ3) is 4.02. The zero-order valence-electron chi connectivity index (χ0n) is 12.1. The van der Waals surface area contributed by atoms with Gasteiger partial charge in [0, 0.05) is 6.42 Å². The Morgan fingerprint density at radius 1 is 1.19 bits per heavy atom. The molecule has 0 spiro atoms. The second-order valence-corrected chi connectivity index (χ2v) is 8.12. The fourth-order valence-electron chi connectivity index (χ4n) is 2.24. The molecule has 112 valence electrons. The Hall–Kier alpha value is -1.46. The number of Topliss-reactive ketones (excluding diaryl/α,β-unsaturated/α-hetero) is 1. The summed E-state index contributed by atoms with van der Waals surface area (Å²) in [6, 6.07) is 8.91. The van der Waals surface area contributed by atoms with Crippen molar-refractivity contribution in [1.82, 2.24) is 0 Å². The van der Waals surface area contributed by atoms with Gasteiger partial charge >= 0.3 is 0 Å². The molecule has 0 aliphatic carbocycles. The van der Waals surface area contributed by atoms with E-state index in [0.717, 1.165) is 11.1 Å². The minimum atomic E-state index is -3.32. The van der Waals surface area contributed by atoms with Crippen LogP contribution in [0.3, 0.4) is 0 Å². The van der Waals surface area contributed by atoms with Crippen molar-refractivity contribution in [2.75, 3.05) is 5.75 Å². The molecule has 1 aromatic carbocycles. The van der Waals surface area contributed by atoms with Crippen LogP contribution in [0.1, 0.15) is 33.6 Å². The first-order valence-electron chi connectivity index (χ1n) is 6.77. The fourth-order valence-corrected chi connectivity index (χ4v) is 4.50. The zero-order chi connectivity index (χ0) is 15.5. The molecule has 0 unspecified atom stereocenters. The van der Waals surface area contributed by atoms with E-state index in [4.69, 9.17) is 0 Å². The van der Waals surface area contributed by atoms with Crippen LogP contribution in [0.5, 0.6) is 0 Å². The van der Waals surface area contributed by atoms with Crippen molar-refractivity contribution >= 4 is 27.0 Å². The number of hydrogen-bond donors (Lipinski definition) is 0. The lowest BCUT2D eigenvalue weighted by molar-refractivity contribution is 0.0986. The van der Waals surface area contributed by atoms with Gasteiger partial charge in [0.1, 0.15) is 0 Å².